The number of carbonyl (C=O) groups is 1. The topological polar surface area (TPSA) is 87.0 Å². The maximum Gasteiger partial charge on any atom is 0.336 e. The summed E-state index contributed by atoms with van der Waals surface area (Å²) in [4.78, 5) is 23.7. The number of hydrogen-bond donors (Lipinski definition) is 1. The first-order chi connectivity index (χ1) is 14.4. The lowest BCUT2D eigenvalue weighted by Gasteiger charge is -2.11. The van der Waals surface area contributed by atoms with Crippen LogP contribution >= 0.6 is 11.6 Å². The van der Waals surface area contributed by atoms with Gasteiger partial charge < -0.3 is 23.9 Å². The fourth-order valence-corrected chi connectivity index (χ4v) is 3.23. The summed E-state index contributed by atoms with van der Waals surface area (Å²) in [5.74, 6) is 1.26. The smallest absolute Gasteiger partial charge is 0.336 e. The molecule has 0 spiro atoms. The lowest BCUT2D eigenvalue weighted by molar-refractivity contribution is -0.123. The number of hydrogen-bond acceptors (Lipinski definition) is 6. The summed E-state index contributed by atoms with van der Waals surface area (Å²) in [7, 11) is 3.15. The van der Waals surface area contributed by atoms with E-state index in [0.29, 0.717) is 40.5 Å². The molecule has 0 radical (unpaired) electrons. The van der Waals surface area contributed by atoms with Gasteiger partial charge in [-0.3, -0.25) is 4.79 Å². The van der Waals surface area contributed by atoms with Gasteiger partial charge in [-0.2, -0.15) is 0 Å². The molecular weight excluding hydrogens is 410 g/mol. The lowest BCUT2D eigenvalue weighted by atomic mass is 10.1. The van der Waals surface area contributed by atoms with E-state index in [2.05, 4.69) is 5.32 Å². The average molecular weight is 432 g/mol. The van der Waals surface area contributed by atoms with Crippen LogP contribution in [0, 0.1) is 6.92 Å². The van der Waals surface area contributed by atoms with Crippen LogP contribution in [0.1, 0.15) is 11.1 Å². The molecule has 1 aromatic heterocycles. The average Bonchev–Trinajstić information content (AvgIpc) is 2.72. The quantitative estimate of drug-likeness (QED) is 0.549. The molecular formula is C22H22ClNO6. The van der Waals surface area contributed by atoms with Crippen LogP contribution in [0.4, 0.5) is 0 Å². The molecule has 0 unspecified atom stereocenters. The highest BCUT2D eigenvalue weighted by Gasteiger charge is 2.11. The van der Waals surface area contributed by atoms with Crippen LogP contribution in [-0.4, -0.2) is 33.3 Å². The summed E-state index contributed by atoms with van der Waals surface area (Å²) in [5, 5.41) is 3.84. The molecule has 0 atom stereocenters. The molecule has 0 aliphatic carbocycles. The highest BCUT2D eigenvalue weighted by Crippen LogP contribution is 2.31. The molecule has 0 saturated carbocycles. The van der Waals surface area contributed by atoms with Crippen molar-refractivity contribution in [3.63, 3.8) is 0 Å². The molecule has 2 aromatic carbocycles. The summed E-state index contributed by atoms with van der Waals surface area (Å²) < 4.78 is 21.2. The Bertz CT molecular complexity index is 1120. The molecule has 0 aliphatic heterocycles. The second-order valence-corrected chi connectivity index (χ2v) is 7.01. The Balaban J connectivity index is 1.56. The number of rotatable bonds is 8. The molecule has 30 heavy (non-hydrogen) atoms. The number of fused-ring (bicyclic) bond motifs is 1. The predicted molar refractivity (Wildman–Crippen MR) is 114 cm³/mol. The van der Waals surface area contributed by atoms with Gasteiger partial charge in [0, 0.05) is 24.1 Å². The fourth-order valence-electron chi connectivity index (χ4n) is 3.01. The Morgan fingerprint density at radius 3 is 2.57 bits per heavy atom. The van der Waals surface area contributed by atoms with Crippen molar-refractivity contribution in [2.45, 2.75) is 13.3 Å². The van der Waals surface area contributed by atoms with Gasteiger partial charge in [0.15, 0.2) is 18.1 Å². The number of methoxy groups -OCH3 is 2. The molecule has 7 nitrogen and oxygen atoms in total. The first-order valence-electron chi connectivity index (χ1n) is 9.25. The van der Waals surface area contributed by atoms with Crippen LogP contribution in [0.3, 0.4) is 0 Å². The summed E-state index contributed by atoms with van der Waals surface area (Å²) >= 11 is 6.24. The van der Waals surface area contributed by atoms with Crippen LogP contribution in [0.25, 0.3) is 11.0 Å². The number of benzene rings is 2. The zero-order valence-corrected chi connectivity index (χ0v) is 17.7. The van der Waals surface area contributed by atoms with Gasteiger partial charge in [0.2, 0.25) is 0 Å². The number of nitrogens with one attached hydrogen (secondary N) is 1. The van der Waals surface area contributed by atoms with Crippen molar-refractivity contribution < 1.29 is 23.4 Å². The van der Waals surface area contributed by atoms with Crippen LogP contribution in [0.2, 0.25) is 5.02 Å². The molecule has 0 aliphatic rings. The number of carbonyl (C=O) groups excluding carboxylic acids is 1. The van der Waals surface area contributed by atoms with Gasteiger partial charge >= 0.3 is 5.63 Å². The Labute approximate surface area is 178 Å². The van der Waals surface area contributed by atoms with E-state index < -0.39 is 5.63 Å². The minimum absolute atomic E-state index is 0.215. The zero-order chi connectivity index (χ0) is 21.7. The van der Waals surface area contributed by atoms with E-state index in [1.807, 2.05) is 18.2 Å². The SMILES string of the molecule is COc1ccc(CCNC(=O)COc2cc3oc(=O)cc(C)c3cc2Cl)cc1OC. The van der Waals surface area contributed by atoms with Crippen molar-refractivity contribution in [3.8, 4) is 17.2 Å². The summed E-state index contributed by atoms with van der Waals surface area (Å²) in [6.07, 6.45) is 0.618. The third-order valence-corrected chi connectivity index (χ3v) is 4.84. The lowest BCUT2D eigenvalue weighted by Crippen LogP contribution is -2.30. The molecule has 1 heterocycles. The van der Waals surface area contributed by atoms with E-state index in [0.717, 1.165) is 11.1 Å². The molecule has 3 aromatic rings. The normalized spacial score (nSPS) is 10.7. The number of amides is 1. The van der Waals surface area contributed by atoms with E-state index in [1.54, 1.807) is 27.2 Å². The van der Waals surface area contributed by atoms with Crippen LogP contribution in [0.5, 0.6) is 17.2 Å². The molecule has 1 N–H and O–H groups in total. The highest BCUT2D eigenvalue weighted by molar-refractivity contribution is 6.32. The van der Waals surface area contributed by atoms with Gasteiger partial charge in [-0.25, -0.2) is 4.79 Å². The van der Waals surface area contributed by atoms with E-state index in [4.69, 9.17) is 30.2 Å². The second-order valence-electron chi connectivity index (χ2n) is 6.61. The Hall–Kier alpha value is -3.19. The molecule has 3 rings (SSSR count). The van der Waals surface area contributed by atoms with Crippen molar-refractivity contribution in [1.82, 2.24) is 5.32 Å². The van der Waals surface area contributed by atoms with Crippen molar-refractivity contribution in [3.05, 3.63) is 63.0 Å². The number of halogens is 1. The van der Waals surface area contributed by atoms with E-state index in [-0.39, 0.29) is 18.3 Å². The summed E-state index contributed by atoms with van der Waals surface area (Å²) in [5.41, 5.74) is 1.65. The van der Waals surface area contributed by atoms with Crippen LogP contribution < -0.4 is 25.2 Å². The monoisotopic (exact) mass is 431 g/mol. The minimum Gasteiger partial charge on any atom is -0.493 e. The standard InChI is InChI=1S/C22H22ClNO6/c1-13-8-22(26)30-18-11-19(16(23)10-15(13)18)29-12-21(25)24-7-6-14-4-5-17(27-2)20(9-14)28-3/h4-5,8-11H,6-7,12H2,1-3H3,(H,24,25). The maximum absolute atomic E-state index is 12.1. The first-order valence-corrected chi connectivity index (χ1v) is 9.63. The van der Waals surface area contributed by atoms with Crippen molar-refractivity contribution >= 4 is 28.5 Å². The van der Waals surface area contributed by atoms with Crippen molar-refractivity contribution in [1.29, 1.82) is 0 Å². The first kappa shape index (κ1) is 21.5. The minimum atomic E-state index is -0.457. The van der Waals surface area contributed by atoms with E-state index >= 15 is 0 Å². The molecule has 0 saturated heterocycles. The number of ether oxygens (including phenoxy) is 3. The highest BCUT2D eigenvalue weighted by atomic mass is 35.5. The number of aryl methyl sites for hydroxylation is 1. The van der Waals surface area contributed by atoms with Gasteiger partial charge in [0.25, 0.3) is 5.91 Å². The van der Waals surface area contributed by atoms with Crippen molar-refractivity contribution in [2.75, 3.05) is 27.4 Å². The van der Waals surface area contributed by atoms with Crippen LogP contribution in [-0.2, 0) is 11.2 Å². The molecule has 1 amide bonds. The molecule has 0 fully saturated rings. The zero-order valence-electron chi connectivity index (χ0n) is 16.9. The van der Waals surface area contributed by atoms with E-state index in [9.17, 15) is 9.59 Å². The Morgan fingerprint density at radius 2 is 1.83 bits per heavy atom. The molecule has 158 valence electrons. The van der Waals surface area contributed by atoms with Crippen molar-refractivity contribution in [2.24, 2.45) is 0 Å². The summed E-state index contributed by atoms with van der Waals surface area (Å²) in [6, 6.07) is 10.2. The van der Waals surface area contributed by atoms with Gasteiger partial charge in [0.1, 0.15) is 11.3 Å². The maximum atomic E-state index is 12.1. The fraction of sp³-hybridized carbons (Fsp3) is 0.273. The molecule has 0 bridgehead atoms. The predicted octanol–water partition coefficient (Wildman–Crippen LogP) is 3.51. The Kier molecular flexibility index (Phi) is 6.84. The van der Waals surface area contributed by atoms with Gasteiger partial charge in [0.05, 0.1) is 19.2 Å². The molecule has 8 heteroatoms. The largest absolute Gasteiger partial charge is 0.493 e. The second kappa shape index (κ2) is 9.54. The Morgan fingerprint density at radius 1 is 1.07 bits per heavy atom. The third-order valence-electron chi connectivity index (χ3n) is 4.55. The van der Waals surface area contributed by atoms with Gasteiger partial charge in [-0.05, 0) is 42.7 Å². The summed E-state index contributed by atoms with van der Waals surface area (Å²) in [6.45, 7) is 2.01. The third kappa shape index (κ3) is 5.04. The van der Waals surface area contributed by atoms with Gasteiger partial charge in [-0.1, -0.05) is 17.7 Å². The van der Waals surface area contributed by atoms with Gasteiger partial charge in [-0.15, -0.1) is 0 Å². The van der Waals surface area contributed by atoms with Crippen LogP contribution in [0.15, 0.2) is 45.6 Å². The van der Waals surface area contributed by atoms with E-state index in [1.165, 1.54) is 12.1 Å².